The van der Waals surface area contributed by atoms with Crippen molar-refractivity contribution in [3.05, 3.63) is 54.2 Å². The van der Waals surface area contributed by atoms with E-state index in [-0.39, 0.29) is 12.0 Å². The number of anilines is 3. The van der Waals surface area contributed by atoms with E-state index < -0.39 is 6.03 Å². The number of fused-ring (bicyclic) bond motifs is 1. The molecule has 0 bridgehead atoms. The Morgan fingerprint density at radius 1 is 1.08 bits per heavy atom. The molecule has 11 heteroatoms. The van der Waals surface area contributed by atoms with Crippen LogP contribution in [0, 0.1) is 0 Å². The zero-order chi connectivity index (χ0) is 26.6. The maximum Gasteiger partial charge on any atom is 0.316 e. The van der Waals surface area contributed by atoms with Gasteiger partial charge in [-0.2, -0.15) is 9.97 Å². The van der Waals surface area contributed by atoms with Gasteiger partial charge >= 0.3 is 6.03 Å². The second kappa shape index (κ2) is 10.7. The Balaban J connectivity index is 1.53. The summed E-state index contributed by atoms with van der Waals surface area (Å²) in [5.74, 6) is 1.06. The number of H-pyrrole nitrogens is 1. The molecule has 0 aliphatic heterocycles. The molecule has 0 atom stereocenters. The topological polar surface area (TPSA) is 156 Å². The Morgan fingerprint density at radius 2 is 1.84 bits per heavy atom. The van der Waals surface area contributed by atoms with Crippen molar-refractivity contribution < 1.29 is 19.1 Å². The number of rotatable bonds is 8. The van der Waals surface area contributed by atoms with E-state index in [9.17, 15) is 9.59 Å². The predicted molar refractivity (Wildman–Crippen MR) is 145 cm³/mol. The van der Waals surface area contributed by atoms with Crippen molar-refractivity contribution in [2.75, 3.05) is 24.8 Å². The van der Waals surface area contributed by atoms with E-state index in [1.807, 2.05) is 18.3 Å². The van der Waals surface area contributed by atoms with Crippen LogP contribution in [0.2, 0.25) is 0 Å². The Hall–Kier alpha value is -4.80. The highest BCUT2D eigenvalue weighted by molar-refractivity contribution is 5.98. The largest absolute Gasteiger partial charge is 0.495 e. The molecule has 0 saturated heterocycles. The third-order valence-corrected chi connectivity index (χ3v) is 6.48. The average Bonchev–Trinajstić information content (AvgIpc) is 3.59. The van der Waals surface area contributed by atoms with Gasteiger partial charge in [-0.25, -0.2) is 4.79 Å². The number of nitrogens with zero attached hydrogens (tertiary/aromatic N) is 2. The molecule has 2 heterocycles. The first-order valence-corrected chi connectivity index (χ1v) is 12.3. The number of methoxy groups -OCH3 is 1. The van der Waals surface area contributed by atoms with Crippen LogP contribution in [-0.4, -0.2) is 47.2 Å². The predicted octanol–water partition coefficient (Wildman–Crippen LogP) is 4.55. The van der Waals surface area contributed by atoms with Crippen molar-refractivity contribution in [3.8, 4) is 22.8 Å². The van der Waals surface area contributed by atoms with Gasteiger partial charge in [-0.05, 0) is 61.6 Å². The number of hydrogen-bond acceptors (Lipinski definition) is 7. The molecule has 196 valence electrons. The summed E-state index contributed by atoms with van der Waals surface area (Å²) in [4.78, 5) is 35.9. The summed E-state index contributed by atoms with van der Waals surface area (Å²) in [5, 5.41) is 9.15. The summed E-state index contributed by atoms with van der Waals surface area (Å²) >= 11 is 0. The number of amides is 3. The first kappa shape index (κ1) is 24.9. The lowest BCUT2D eigenvalue weighted by atomic mass is 10.1. The number of aromatic nitrogens is 3. The summed E-state index contributed by atoms with van der Waals surface area (Å²) in [6, 6.07) is 11.8. The summed E-state index contributed by atoms with van der Waals surface area (Å²) in [7, 11) is 3.11. The highest BCUT2D eigenvalue weighted by atomic mass is 16.5. The highest BCUT2D eigenvalue weighted by Gasteiger charge is 2.23. The van der Waals surface area contributed by atoms with Crippen LogP contribution in [0.15, 0.2) is 48.7 Å². The molecule has 2 aromatic carbocycles. The molecule has 2 aromatic heterocycles. The van der Waals surface area contributed by atoms with Gasteiger partial charge in [-0.15, -0.1) is 0 Å². The third-order valence-electron chi connectivity index (χ3n) is 6.48. The number of hydrogen-bond donors (Lipinski definition) is 5. The second-order valence-corrected chi connectivity index (χ2v) is 8.99. The normalized spacial score (nSPS) is 13.3. The smallest absolute Gasteiger partial charge is 0.316 e. The van der Waals surface area contributed by atoms with Crippen molar-refractivity contribution in [1.29, 1.82) is 0 Å². The van der Waals surface area contributed by atoms with Crippen LogP contribution >= 0.6 is 0 Å². The van der Waals surface area contributed by atoms with Gasteiger partial charge in [0.15, 0.2) is 0 Å². The Kier molecular flexibility index (Phi) is 6.98. The summed E-state index contributed by atoms with van der Waals surface area (Å²) in [5.41, 5.74) is 9.28. The molecule has 11 nitrogen and oxygen atoms in total. The maximum atomic E-state index is 12.0. The monoisotopic (exact) mass is 515 g/mol. The maximum absolute atomic E-state index is 12.0. The molecule has 1 fully saturated rings. The Morgan fingerprint density at radius 3 is 2.53 bits per heavy atom. The van der Waals surface area contributed by atoms with E-state index >= 15 is 0 Å². The molecule has 0 spiro atoms. The number of primary amides is 1. The molecule has 0 unspecified atom stereocenters. The fourth-order valence-electron chi connectivity index (χ4n) is 4.61. The fourth-order valence-corrected chi connectivity index (χ4v) is 4.61. The summed E-state index contributed by atoms with van der Waals surface area (Å²) in [6.07, 6.45) is 6.11. The number of aromatic amines is 1. The van der Waals surface area contributed by atoms with Crippen LogP contribution in [0.1, 0.15) is 36.0 Å². The molecular weight excluding hydrogens is 486 g/mol. The van der Waals surface area contributed by atoms with Gasteiger partial charge in [-0.1, -0.05) is 12.1 Å². The van der Waals surface area contributed by atoms with Gasteiger partial charge in [0, 0.05) is 30.1 Å². The molecule has 3 amide bonds. The van der Waals surface area contributed by atoms with Crippen molar-refractivity contribution in [2.45, 2.75) is 31.8 Å². The molecule has 4 aromatic rings. The first-order valence-electron chi connectivity index (χ1n) is 12.3. The minimum absolute atomic E-state index is 0.0761. The number of nitrogens with two attached hydrogens (primary N) is 1. The van der Waals surface area contributed by atoms with Crippen molar-refractivity contribution in [2.24, 2.45) is 5.73 Å². The van der Waals surface area contributed by atoms with Gasteiger partial charge in [0.2, 0.25) is 11.8 Å². The molecule has 0 radical (unpaired) electrons. The SMILES string of the molecule is CNC(=O)c1ccc(Nc2nc(OC3CCCC3)c3c(-c4ccc(NC(N)=O)cc4)c[nH]c3n2)c(OC)c1. The molecule has 5 rings (SSSR count). The number of nitrogens with one attached hydrogen (secondary N) is 4. The van der Waals surface area contributed by atoms with E-state index in [0.29, 0.717) is 40.2 Å². The van der Waals surface area contributed by atoms with E-state index in [1.165, 1.54) is 7.11 Å². The fraction of sp³-hybridized carbons (Fsp3) is 0.259. The van der Waals surface area contributed by atoms with E-state index in [4.69, 9.17) is 25.2 Å². The van der Waals surface area contributed by atoms with Crippen LogP contribution in [0.25, 0.3) is 22.2 Å². The van der Waals surface area contributed by atoms with Crippen LogP contribution in [0.5, 0.6) is 11.6 Å². The average molecular weight is 516 g/mol. The van der Waals surface area contributed by atoms with Crippen molar-refractivity contribution >= 4 is 40.3 Å². The van der Waals surface area contributed by atoms with E-state index in [1.54, 1.807) is 37.4 Å². The van der Waals surface area contributed by atoms with E-state index in [2.05, 4.69) is 20.9 Å². The molecule has 6 N–H and O–H groups in total. The summed E-state index contributed by atoms with van der Waals surface area (Å²) in [6.45, 7) is 0. The zero-order valence-electron chi connectivity index (χ0n) is 21.1. The quantitative estimate of drug-likeness (QED) is 0.230. The lowest BCUT2D eigenvalue weighted by Gasteiger charge is -2.16. The lowest BCUT2D eigenvalue weighted by Crippen LogP contribution is -2.19. The van der Waals surface area contributed by atoms with E-state index in [0.717, 1.165) is 42.2 Å². The molecule has 1 aliphatic carbocycles. The Labute approximate surface area is 219 Å². The minimum atomic E-state index is -0.620. The number of carbonyl (C=O) groups is 2. The number of urea groups is 1. The van der Waals surface area contributed by atoms with Crippen molar-refractivity contribution in [1.82, 2.24) is 20.3 Å². The van der Waals surface area contributed by atoms with Crippen LogP contribution in [0.4, 0.5) is 22.1 Å². The first-order chi connectivity index (χ1) is 18.4. The third kappa shape index (κ3) is 5.17. The molecule has 1 saturated carbocycles. The van der Waals surface area contributed by atoms with Gasteiger partial charge in [-0.3, -0.25) is 4.79 Å². The number of benzene rings is 2. The minimum Gasteiger partial charge on any atom is -0.495 e. The molecule has 38 heavy (non-hydrogen) atoms. The van der Waals surface area contributed by atoms with Gasteiger partial charge in [0.05, 0.1) is 18.2 Å². The zero-order valence-corrected chi connectivity index (χ0v) is 21.1. The number of ether oxygens (including phenoxy) is 2. The van der Waals surface area contributed by atoms with Crippen LogP contribution < -0.4 is 31.2 Å². The second-order valence-electron chi connectivity index (χ2n) is 8.99. The lowest BCUT2D eigenvalue weighted by molar-refractivity contribution is 0.0962. The highest BCUT2D eigenvalue weighted by Crippen LogP contribution is 2.37. The summed E-state index contributed by atoms with van der Waals surface area (Å²) < 4.78 is 11.9. The van der Waals surface area contributed by atoms with Crippen LogP contribution in [-0.2, 0) is 0 Å². The van der Waals surface area contributed by atoms with Gasteiger partial charge < -0.3 is 36.1 Å². The van der Waals surface area contributed by atoms with Gasteiger partial charge in [0.1, 0.15) is 17.5 Å². The number of carbonyl (C=O) groups excluding carboxylic acids is 2. The molecular formula is C27H29N7O4. The van der Waals surface area contributed by atoms with Crippen molar-refractivity contribution in [3.63, 3.8) is 0 Å². The Bertz CT molecular complexity index is 1480. The van der Waals surface area contributed by atoms with Gasteiger partial charge in [0.25, 0.3) is 5.91 Å². The van der Waals surface area contributed by atoms with Crippen LogP contribution in [0.3, 0.4) is 0 Å². The molecule has 1 aliphatic rings. The standard InChI is InChI=1S/C27H29N7O4/c1-29-24(35)16-9-12-20(21(13-16)37-2)32-27-33-23-22(25(34-27)38-18-5-3-4-6-18)19(14-30-23)15-7-10-17(11-8-15)31-26(28)36/h7-14,18H,3-6H2,1-2H3,(H,29,35)(H3,28,31,36)(H2,30,32,33,34).